The van der Waals surface area contributed by atoms with E-state index < -0.39 is 51.6 Å². The summed E-state index contributed by atoms with van der Waals surface area (Å²) in [5.74, 6) is -1.39. The van der Waals surface area contributed by atoms with Crippen molar-refractivity contribution in [3.8, 4) is 0 Å². The summed E-state index contributed by atoms with van der Waals surface area (Å²) in [7, 11) is -2.05. The van der Waals surface area contributed by atoms with Crippen LogP contribution in [0.15, 0.2) is 12.7 Å². The van der Waals surface area contributed by atoms with Crippen molar-refractivity contribution in [3.63, 3.8) is 0 Å². The summed E-state index contributed by atoms with van der Waals surface area (Å²) in [6, 6.07) is -2.51. The molecule has 0 aromatic carbocycles. The lowest BCUT2D eigenvalue weighted by Crippen LogP contribution is -2.57. The predicted molar refractivity (Wildman–Crippen MR) is 150 cm³/mol. The number of nitrogens with zero attached hydrogens (tertiary/aromatic N) is 3. The predicted octanol–water partition coefficient (Wildman–Crippen LogP) is -0.231. The maximum absolute atomic E-state index is 13.2. The summed E-state index contributed by atoms with van der Waals surface area (Å²) < 4.78 is 27.6. The van der Waals surface area contributed by atoms with Gasteiger partial charge in [-0.25, -0.2) is 4.79 Å². The molecular formula is C26H45N7O6S. The number of hydrogen-bond donors (Lipinski definition) is 4. The topological polar surface area (TPSA) is 160 Å². The zero-order valence-electron chi connectivity index (χ0n) is 24.2. The highest BCUT2D eigenvalue weighted by molar-refractivity contribution is 7.87. The van der Waals surface area contributed by atoms with Crippen LogP contribution in [-0.2, 0) is 24.6 Å². The number of urea groups is 1. The monoisotopic (exact) mass is 583 g/mol. The van der Waals surface area contributed by atoms with Crippen molar-refractivity contribution < 1.29 is 27.6 Å². The van der Waals surface area contributed by atoms with Gasteiger partial charge in [-0.05, 0) is 31.1 Å². The van der Waals surface area contributed by atoms with E-state index in [4.69, 9.17) is 0 Å². The Morgan fingerprint density at radius 3 is 2.27 bits per heavy atom. The first-order valence-corrected chi connectivity index (χ1v) is 15.3. The number of likely N-dealkylation sites (N-methyl/N-ethyl adjacent to an activating group) is 1. The Balaban J connectivity index is 1.55. The van der Waals surface area contributed by atoms with E-state index in [1.807, 2.05) is 20.8 Å². The number of carbonyl (C=O) groups excluding carboxylic acids is 4. The van der Waals surface area contributed by atoms with Crippen molar-refractivity contribution in [3.05, 3.63) is 12.7 Å². The van der Waals surface area contributed by atoms with Gasteiger partial charge in [0, 0.05) is 51.2 Å². The van der Waals surface area contributed by atoms with E-state index >= 15 is 0 Å². The van der Waals surface area contributed by atoms with E-state index in [1.54, 1.807) is 13.0 Å². The first-order valence-electron chi connectivity index (χ1n) is 13.9. The molecule has 0 aromatic heterocycles. The number of carbonyl (C=O) groups is 4. The van der Waals surface area contributed by atoms with Crippen LogP contribution in [-0.4, -0.2) is 110 Å². The molecule has 0 bridgehead atoms. The number of nitrogens with one attached hydrogen (secondary N) is 4. The fraction of sp³-hybridized carbons (Fsp3) is 0.769. The maximum atomic E-state index is 13.2. The first kappa shape index (κ1) is 31.8. The van der Waals surface area contributed by atoms with Gasteiger partial charge in [-0.2, -0.15) is 17.0 Å². The van der Waals surface area contributed by atoms with Crippen LogP contribution < -0.4 is 21.3 Å². The van der Waals surface area contributed by atoms with Crippen molar-refractivity contribution in [1.29, 1.82) is 0 Å². The van der Waals surface area contributed by atoms with Crippen LogP contribution in [0, 0.1) is 11.3 Å². The molecule has 1 aliphatic carbocycles. The second-order valence-electron chi connectivity index (χ2n) is 12.0. The molecule has 0 aromatic rings. The van der Waals surface area contributed by atoms with Gasteiger partial charge in [0.25, 0.3) is 10.2 Å². The Bertz CT molecular complexity index is 1090. The van der Waals surface area contributed by atoms with Gasteiger partial charge in [0.05, 0.1) is 6.54 Å². The lowest BCUT2D eigenvalue weighted by Gasteiger charge is -2.34. The second kappa shape index (κ2) is 12.9. The van der Waals surface area contributed by atoms with Gasteiger partial charge in [0.1, 0.15) is 12.1 Å². The molecule has 2 saturated heterocycles. The van der Waals surface area contributed by atoms with Crippen molar-refractivity contribution in [1.82, 2.24) is 34.8 Å². The van der Waals surface area contributed by atoms with Crippen LogP contribution in [0.3, 0.4) is 0 Å². The molecule has 3 rings (SSSR count). The summed E-state index contributed by atoms with van der Waals surface area (Å²) in [4.78, 5) is 53.1. The molecule has 2 aliphatic heterocycles. The summed E-state index contributed by atoms with van der Waals surface area (Å²) in [5.41, 5.74) is -0.457. The van der Waals surface area contributed by atoms with E-state index in [0.717, 1.165) is 12.8 Å². The van der Waals surface area contributed by atoms with E-state index in [1.165, 1.54) is 20.6 Å². The zero-order valence-corrected chi connectivity index (χ0v) is 25.1. The van der Waals surface area contributed by atoms with Gasteiger partial charge in [0.2, 0.25) is 17.7 Å². The third-order valence-electron chi connectivity index (χ3n) is 7.80. The minimum Gasteiger partial charge on any atom is -0.352 e. The summed E-state index contributed by atoms with van der Waals surface area (Å²) in [6.45, 7) is 12.1. The Labute approximate surface area is 237 Å². The SMILES string of the molecule is C=CC(C)[C@@H](NC(=O)[C@@H]1CCCN1C(=O)CNC(=O)NC(CN1CCN(C)S1(=O)=O)C(C)(C)C)C(=O)NC1CC1. The fourth-order valence-corrected chi connectivity index (χ4v) is 6.11. The largest absolute Gasteiger partial charge is 0.352 e. The van der Waals surface area contributed by atoms with Gasteiger partial charge in [-0.3, -0.25) is 14.4 Å². The lowest BCUT2D eigenvalue weighted by molar-refractivity contribution is -0.139. The number of rotatable bonds is 11. The minimum atomic E-state index is -3.57. The van der Waals surface area contributed by atoms with Crippen molar-refractivity contribution in [2.24, 2.45) is 11.3 Å². The van der Waals surface area contributed by atoms with E-state index in [2.05, 4.69) is 27.8 Å². The quantitative estimate of drug-likeness (QED) is 0.246. The Morgan fingerprint density at radius 1 is 1.05 bits per heavy atom. The molecule has 4 N–H and O–H groups in total. The van der Waals surface area contributed by atoms with Gasteiger partial charge in [-0.15, -0.1) is 6.58 Å². The molecule has 2 unspecified atom stereocenters. The summed E-state index contributed by atoms with van der Waals surface area (Å²) in [6.07, 6.45) is 4.53. The smallest absolute Gasteiger partial charge is 0.315 e. The maximum Gasteiger partial charge on any atom is 0.315 e. The average Bonchev–Trinajstić information content (AvgIpc) is 3.48. The number of likely N-dealkylation sites (tertiary alicyclic amines) is 1. The highest BCUT2D eigenvalue weighted by Crippen LogP contribution is 2.24. The average molecular weight is 584 g/mol. The van der Waals surface area contributed by atoms with Crippen molar-refractivity contribution in [2.75, 3.05) is 39.8 Å². The van der Waals surface area contributed by atoms with E-state index in [-0.39, 0.29) is 31.0 Å². The molecule has 14 heteroatoms. The van der Waals surface area contributed by atoms with Gasteiger partial charge in [-0.1, -0.05) is 33.8 Å². The summed E-state index contributed by atoms with van der Waals surface area (Å²) in [5, 5.41) is 11.1. The minimum absolute atomic E-state index is 0.102. The van der Waals surface area contributed by atoms with Crippen LogP contribution in [0.4, 0.5) is 4.79 Å². The van der Waals surface area contributed by atoms with E-state index in [9.17, 15) is 27.6 Å². The Hall–Kier alpha value is -2.71. The zero-order chi connectivity index (χ0) is 29.8. The second-order valence-corrected chi connectivity index (χ2v) is 14.1. The standard InChI is InChI=1S/C26H45N7O6S/c1-7-17(2)22(24(36)28-18-10-11-18)30-23(35)19-9-8-12-33(19)21(34)15-27-25(37)29-20(26(3,4)5)16-32-14-13-31(6)40(32,38)39/h7,17-20,22H,1,8-16H2,2-6H3,(H,28,36)(H,30,35)(H2,27,29,37)/t17?,19-,20?,22+/m0/s1. The molecule has 3 fully saturated rings. The molecular weight excluding hydrogens is 538 g/mol. The molecule has 0 spiro atoms. The molecule has 1 saturated carbocycles. The fourth-order valence-electron chi connectivity index (χ4n) is 4.75. The van der Waals surface area contributed by atoms with Crippen LogP contribution >= 0.6 is 0 Å². The molecule has 0 radical (unpaired) electrons. The molecule has 3 aliphatic rings. The Kier molecular flexibility index (Phi) is 10.2. The van der Waals surface area contributed by atoms with Gasteiger partial charge in [0.15, 0.2) is 0 Å². The first-order chi connectivity index (χ1) is 18.6. The van der Waals surface area contributed by atoms with E-state index in [0.29, 0.717) is 32.5 Å². The van der Waals surface area contributed by atoms with Gasteiger partial charge < -0.3 is 26.2 Å². The third-order valence-corrected chi connectivity index (χ3v) is 9.75. The number of hydrogen-bond acceptors (Lipinski definition) is 6. The molecule has 226 valence electrons. The molecule has 4 atom stereocenters. The van der Waals surface area contributed by atoms with Gasteiger partial charge >= 0.3 is 6.03 Å². The summed E-state index contributed by atoms with van der Waals surface area (Å²) >= 11 is 0. The lowest BCUT2D eigenvalue weighted by atomic mass is 9.86. The van der Waals surface area contributed by atoms with Crippen LogP contribution in [0.1, 0.15) is 53.4 Å². The van der Waals surface area contributed by atoms with Crippen LogP contribution in [0.5, 0.6) is 0 Å². The highest BCUT2D eigenvalue weighted by Gasteiger charge is 2.40. The third kappa shape index (κ3) is 7.94. The number of amides is 5. The van der Waals surface area contributed by atoms with Crippen LogP contribution in [0.2, 0.25) is 0 Å². The van der Waals surface area contributed by atoms with Crippen molar-refractivity contribution in [2.45, 2.75) is 77.5 Å². The molecule has 2 heterocycles. The van der Waals surface area contributed by atoms with Crippen LogP contribution in [0.25, 0.3) is 0 Å². The highest BCUT2D eigenvalue weighted by atomic mass is 32.2. The molecule has 13 nitrogen and oxygen atoms in total. The Morgan fingerprint density at radius 2 is 1.73 bits per heavy atom. The van der Waals surface area contributed by atoms with Crippen molar-refractivity contribution >= 4 is 34.0 Å². The normalized spacial score (nSPS) is 23.6. The molecule has 40 heavy (non-hydrogen) atoms. The molecule has 5 amide bonds.